The first-order valence-corrected chi connectivity index (χ1v) is 12.9. The Labute approximate surface area is 202 Å². The van der Waals surface area contributed by atoms with Crippen molar-refractivity contribution in [2.45, 2.75) is 25.8 Å². The van der Waals surface area contributed by atoms with E-state index in [9.17, 15) is 0 Å². The van der Waals surface area contributed by atoms with Crippen molar-refractivity contribution >= 4 is 29.0 Å². The highest BCUT2D eigenvalue weighted by molar-refractivity contribution is 7.98. The Hall–Kier alpha value is -2.98. The average Bonchev–Trinajstić information content (AvgIpc) is 3.25. The molecule has 0 aromatic heterocycles. The highest BCUT2D eigenvalue weighted by Crippen LogP contribution is 2.35. The molecular formula is C29H33N3S. The fraction of sp³-hybridized carbons (Fsp3) is 0.276. The molecule has 0 radical (unpaired) electrons. The molecule has 3 aromatic carbocycles. The second kappa shape index (κ2) is 10.8. The number of aliphatic imine (C=N–C) groups is 1. The zero-order valence-electron chi connectivity index (χ0n) is 19.8. The van der Waals surface area contributed by atoms with Gasteiger partial charge in [-0.05, 0) is 66.0 Å². The Morgan fingerprint density at radius 3 is 2.52 bits per heavy atom. The van der Waals surface area contributed by atoms with E-state index in [0.717, 1.165) is 47.9 Å². The molecule has 3 nitrogen and oxygen atoms in total. The fourth-order valence-corrected chi connectivity index (χ4v) is 4.72. The molecule has 3 aromatic rings. The summed E-state index contributed by atoms with van der Waals surface area (Å²) in [6, 6.07) is 26.0. The van der Waals surface area contributed by atoms with Gasteiger partial charge in [0, 0.05) is 25.0 Å². The summed E-state index contributed by atoms with van der Waals surface area (Å²) in [5.41, 5.74) is 8.32. The molecule has 1 aliphatic carbocycles. The lowest BCUT2D eigenvalue weighted by Gasteiger charge is -2.19. The summed E-state index contributed by atoms with van der Waals surface area (Å²) in [5, 5.41) is 3.69. The molecule has 0 aliphatic heterocycles. The summed E-state index contributed by atoms with van der Waals surface area (Å²) in [6.45, 7) is 7.43. The van der Waals surface area contributed by atoms with Crippen LogP contribution >= 0.6 is 11.8 Å². The van der Waals surface area contributed by atoms with Gasteiger partial charge in [-0.1, -0.05) is 67.2 Å². The molecule has 0 heterocycles. The van der Waals surface area contributed by atoms with Crippen LogP contribution < -0.4 is 5.32 Å². The van der Waals surface area contributed by atoms with Crippen molar-refractivity contribution < 1.29 is 0 Å². The molecule has 1 N–H and O–H groups in total. The highest BCUT2D eigenvalue weighted by Gasteiger charge is 2.23. The van der Waals surface area contributed by atoms with Crippen LogP contribution in [-0.2, 0) is 6.42 Å². The lowest BCUT2D eigenvalue weighted by atomic mass is 10.0. The molecule has 1 atom stereocenters. The maximum atomic E-state index is 4.88. The quantitative estimate of drug-likeness (QED) is 0.294. The molecule has 1 unspecified atom stereocenters. The van der Waals surface area contributed by atoms with Crippen LogP contribution in [0.4, 0.5) is 5.69 Å². The van der Waals surface area contributed by atoms with Crippen LogP contribution in [0.15, 0.2) is 84.4 Å². The van der Waals surface area contributed by atoms with Gasteiger partial charge in [-0.15, -0.1) is 0 Å². The smallest absolute Gasteiger partial charge is 0.101 e. The molecule has 0 amide bonds. The van der Waals surface area contributed by atoms with Crippen LogP contribution in [0, 0.1) is 0 Å². The molecule has 1 aliphatic rings. The number of thioether (sulfide) groups is 1. The Balaban J connectivity index is 1.45. The number of aryl methyl sites for hydroxylation is 1. The molecule has 0 spiro atoms. The van der Waals surface area contributed by atoms with Crippen molar-refractivity contribution in [3.63, 3.8) is 0 Å². The van der Waals surface area contributed by atoms with Gasteiger partial charge in [-0.3, -0.25) is 0 Å². The van der Waals surface area contributed by atoms with Crippen molar-refractivity contribution in [3.05, 3.63) is 96.1 Å². The number of hydrogen-bond donors (Lipinski definition) is 1. The molecule has 0 bridgehead atoms. The van der Waals surface area contributed by atoms with Crippen molar-refractivity contribution in [3.8, 4) is 11.1 Å². The first-order chi connectivity index (χ1) is 16.0. The lowest BCUT2D eigenvalue weighted by molar-refractivity contribution is 0.537. The molecule has 0 saturated heterocycles. The molecule has 0 fully saturated rings. The van der Waals surface area contributed by atoms with E-state index in [4.69, 9.17) is 4.99 Å². The Morgan fingerprint density at radius 1 is 1.06 bits per heavy atom. The van der Waals surface area contributed by atoms with E-state index in [1.54, 1.807) is 0 Å². The van der Waals surface area contributed by atoms with Gasteiger partial charge in [0.2, 0.25) is 0 Å². The Morgan fingerprint density at radius 2 is 1.79 bits per heavy atom. The maximum absolute atomic E-state index is 4.88. The number of benzene rings is 3. The molecule has 33 heavy (non-hydrogen) atoms. The van der Waals surface area contributed by atoms with E-state index < -0.39 is 0 Å². The molecule has 0 saturated carbocycles. The minimum atomic E-state index is 0.269. The second-order valence-electron chi connectivity index (χ2n) is 8.61. The van der Waals surface area contributed by atoms with Crippen LogP contribution in [0.2, 0.25) is 0 Å². The maximum Gasteiger partial charge on any atom is 0.101 e. The second-order valence-corrected chi connectivity index (χ2v) is 9.60. The van der Waals surface area contributed by atoms with E-state index >= 15 is 0 Å². The first-order valence-electron chi connectivity index (χ1n) is 11.5. The number of amidine groups is 1. The van der Waals surface area contributed by atoms with Crippen LogP contribution in [0.5, 0.6) is 0 Å². The van der Waals surface area contributed by atoms with Gasteiger partial charge in [0.15, 0.2) is 0 Å². The van der Waals surface area contributed by atoms with E-state index in [1.165, 1.54) is 22.3 Å². The van der Waals surface area contributed by atoms with Gasteiger partial charge in [-0.25, -0.2) is 4.99 Å². The average molecular weight is 456 g/mol. The standard InChI is InChI=1S/C29H33N3S/c1-21(23-10-12-25(13-11-23)24-8-6-5-7-9-24)30-29-17-15-26-14-16-27(20-28(26)29)31-22(2)32(3)18-19-33-4/h5-14,16,20,29-30H,1,15,17-19H2,2-4H3. The molecular weight excluding hydrogens is 422 g/mol. The minimum Gasteiger partial charge on any atom is -0.378 e. The predicted molar refractivity (Wildman–Crippen MR) is 145 cm³/mol. The van der Waals surface area contributed by atoms with Gasteiger partial charge in [-0.2, -0.15) is 11.8 Å². The third kappa shape index (κ3) is 5.69. The Kier molecular flexibility index (Phi) is 7.56. The normalized spacial score (nSPS) is 15.2. The van der Waals surface area contributed by atoms with E-state index in [-0.39, 0.29) is 6.04 Å². The SMILES string of the molecule is C=C(NC1CCc2ccc(N=C(C)N(C)CCSC)cc21)c1ccc(-c2ccccc2)cc1. The fourth-order valence-electron chi connectivity index (χ4n) is 4.26. The van der Waals surface area contributed by atoms with Crippen molar-refractivity contribution in [1.82, 2.24) is 10.2 Å². The number of rotatable bonds is 8. The van der Waals surface area contributed by atoms with E-state index in [0.29, 0.717) is 0 Å². The van der Waals surface area contributed by atoms with Gasteiger partial charge in [0.1, 0.15) is 5.84 Å². The Bertz CT molecular complexity index is 1120. The van der Waals surface area contributed by atoms with Crippen LogP contribution in [0.3, 0.4) is 0 Å². The summed E-state index contributed by atoms with van der Waals surface area (Å²) >= 11 is 1.86. The number of hydrogen-bond acceptors (Lipinski definition) is 3. The third-order valence-electron chi connectivity index (χ3n) is 6.37. The zero-order chi connectivity index (χ0) is 23.2. The zero-order valence-corrected chi connectivity index (χ0v) is 20.7. The van der Waals surface area contributed by atoms with Crippen molar-refractivity contribution in [2.24, 2.45) is 4.99 Å². The number of nitrogens with zero attached hydrogens (tertiary/aromatic N) is 2. The first kappa shape index (κ1) is 23.2. The summed E-state index contributed by atoms with van der Waals surface area (Å²) in [4.78, 5) is 7.11. The molecule has 4 rings (SSSR count). The van der Waals surface area contributed by atoms with Gasteiger partial charge < -0.3 is 10.2 Å². The monoisotopic (exact) mass is 455 g/mol. The van der Waals surface area contributed by atoms with Crippen molar-refractivity contribution in [1.29, 1.82) is 0 Å². The predicted octanol–water partition coefficient (Wildman–Crippen LogP) is 6.95. The van der Waals surface area contributed by atoms with Crippen LogP contribution in [0.25, 0.3) is 16.8 Å². The van der Waals surface area contributed by atoms with E-state index in [2.05, 4.69) is 104 Å². The highest BCUT2D eigenvalue weighted by atomic mass is 32.2. The minimum absolute atomic E-state index is 0.269. The topological polar surface area (TPSA) is 27.6 Å². The van der Waals surface area contributed by atoms with Gasteiger partial charge in [0.25, 0.3) is 0 Å². The van der Waals surface area contributed by atoms with Crippen molar-refractivity contribution in [2.75, 3.05) is 25.6 Å². The molecule has 4 heteroatoms. The lowest BCUT2D eigenvalue weighted by Crippen LogP contribution is -2.26. The number of nitrogens with one attached hydrogen (secondary N) is 1. The van der Waals surface area contributed by atoms with Gasteiger partial charge in [0.05, 0.1) is 11.7 Å². The van der Waals surface area contributed by atoms with Crippen LogP contribution in [0.1, 0.15) is 36.1 Å². The summed E-state index contributed by atoms with van der Waals surface area (Å²) in [7, 11) is 2.11. The summed E-state index contributed by atoms with van der Waals surface area (Å²) in [5.74, 6) is 2.16. The summed E-state index contributed by atoms with van der Waals surface area (Å²) < 4.78 is 0. The van der Waals surface area contributed by atoms with Crippen LogP contribution in [-0.4, -0.2) is 36.3 Å². The van der Waals surface area contributed by atoms with E-state index in [1.807, 2.05) is 17.8 Å². The largest absolute Gasteiger partial charge is 0.378 e. The number of fused-ring (bicyclic) bond motifs is 1. The molecule has 170 valence electrons. The van der Waals surface area contributed by atoms with Gasteiger partial charge >= 0.3 is 0 Å². The third-order valence-corrected chi connectivity index (χ3v) is 6.96. The summed E-state index contributed by atoms with van der Waals surface area (Å²) in [6.07, 6.45) is 4.31.